The maximum atomic E-state index is 12.2. The van der Waals surface area contributed by atoms with Crippen LogP contribution in [0.25, 0.3) is 0 Å². The SMILES string of the molecule is Cc1ccc(C)c(NC(=O)CCCC(=O)OCC(=O)c2cc(C)ccc2C)c1. The van der Waals surface area contributed by atoms with Gasteiger partial charge in [-0.1, -0.05) is 29.8 Å². The number of amides is 1. The van der Waals surface area contributed by atoms with Gasteiger partial charge in [-0.3, -0.25) is 14.4 Å². The molecule has 0 aliphatic rings. The van der Waals surface area contributed by atoms with E-state index in [1.54, 1.807) is 6.07 Å². The number of esters is 1. The Morgan fingerprint density at radius 3 is 2.21 bits per heavy atom. The first-order valence-corrected chi connectivity index (χ1v) is 9.39. The normalized spacial score (nSPS) is 10.4. The van der Waals surface area contributed by atoms with Gasteiger partial charge in [0.1, 0.15) is 0 Å². The van der Waals surface area contributed by atoms with Crippen LogP contribution in [-0.2, 0) is 14.3 Å². The Kier molecular flexibility index (Phi) is 7.50. The number of hydrogen-bond acceptors (Lipinski definition) is 4. The van der Waals surface area contributed by atoms with Crippen molar-refractivity contribution in [2.45, 2.75) is 47.0 Å². The third-order valence-electron chi connectivity index (χ3n) is 4.51. The second kappa shape index (κ2) is 9.83. The molecule has 2 aromatic rings. The van der Waals surface area contributed by atoms with Crippen molar-refractivity contribution in [2.24, 2.45) is 0 Å². The van der Waals surface area contributed by atoms with Gasteiger partial charge in [0.25, 0.3) is 0 Å². The van der Waals surface area contributed by atoms with Gasteiger partial charge in [0.05, 0.1) is 0 Å². The maximum Gasteiger partial charge on any atom is 0.306 e. The van der Waals surface area contributed by atoms with Gasteiger partial charge >= 0.3 is 5.97 Å². The number of carbonyl (C=O) groups excluding carboxylic acids is 3. The summed E-state index contributed by atoms with van der Waals surface area (Å²) in [7, 11) is 0. The first kappa shape index (κ1) is 21.4. The van der Waals surface area contributed by atoms with Crippen LogP contribution < -0.4 is 5.32 Å². The van der Waals surface area contributed by atoms with Crippen LogP contribution >= 0.6 is 0 Å². The molecule has 0 aliphatic heterocycles. The van der Waals surface area contributed by atoms with E-state index < -0.39 is 5.97 Å². The molecule has 0 aromatic heterocycles. The van der Waals surface area contributed by atoms with Crippen LogP contribution in [0.4, 0.5) is 5.69 Å². The van der Waals surface area contributed by atoms with Crippen molar-refractivity contribution in [1.29, 1.82) is 0 Å². The summed E-state index contributed by atoms with van der Waals surface area (Å²) in [6.07, 6.45) is 0.681. The summed E-state index contributed by atoms with van der Waals surface area (Å²) < 4.78 is 5.07. The van der Waals surface area contributed by atoms with E-state index in [9.17, 15) is 14.4 Å². The Morgan fingerprint density at radius 2 is 1.50 bits per heavy atom. The topological polar surface area (TPSA) is 72.5 Å². The lowest BCUT2D eigenvalue weighted by Crippen LogP contribution is -2.16. The summed E-state index contributed by atoms with van der Waals surface area (Å²) in [6, 6.07) is 11.5. The molecular weight excluding hydrogens is 354 g/mol. The van der Waals surface area contributed by atoms with Crippen LogP contribution in [0.3, 0.4) is 0 Å². The van der Waals surface area contributed by atoms with Gasteiger partial charge in [-0.25, -0.2) is 0 Å². The van der Waals surface area contributed by atoms with Crippen LogP contribution in [0.5, 0.6) is 0 Å². The lowest BCUT2D eigenvalue weighted by molar-refractivity contribution is -0.142. The molecule has 5 nitrogen and oxygen atoms in total. The van der Waals surface area contributed by atoms with Crippen LogP contribution in [-0.4, -0.2) is 24.3 Å². The fourth-order valence-corrected chi connectivity index (χ4v) is 2.81. The fourth-order valence-electron chi connectivity index (χ4n) is 2.81. The third-order valence-corrected chi connectivity index (χ3v) is 4.51. The van der Waals surface area contributed by atoms with Crippen molar-refractivity contribution < 1.29 is 19.1 Å². The molecule has 0 unspecified atom stereocenters. The van der Waals surface area contributed by atoms with Crippen molar-refractivity contribution in [3.8, 4) is 0 Å². The van der Waals surface area contributed by atoms with E-state index in [0.29, 0.717) is 12.0 Å². The fraction of sp³-hybridized carbons (Fsp3) is 0.348. The van der Waals surface area contributed by atoms with Gasteiger partial charge in [-0.05, 0) is 62.9 Å². The minimum Gasteiger partial charge on any atom is -0.457 e. The lowest BCUT2D eigenvalue weighted by Gasteiger charge is -2.09. The summed E-state index contributed by atoms with van der Waals surface area (Å²) in [5.74, 6) is -0.839. The second-order valence-corrected chi connectivity index (χ2v) is 7.12. The molecule has 2 rings (SSSR count). The smallest absolute Gasteiger partial charge is 0.306 e. The average molecular weight is 381 g/mol. The van der Waals surface area contributed by atoms with Crippen molar-refractivity contribution in [2.75, 3.05) is 11.9 Å². The Balaban J connectivity index is 1.73. The highest BCUT2D eigenvalue weighted by Crippen LogP contribution is 2.17. The predicted molar refractivity (Wildman–Crippen MR) is 110 cm³/mol. The van der Waals surface area contributed by atoms with Crippen molar-refractivity contribution in [3.63, 3.8) is 0 Å². The minimum atomic E-state index is -0.474. The van der Waals surface area contributed by atoms with Crippen LogP contribution in [0.2, 0.25) is 0 Å². The summed E-state index contributed by atoms with van der Waals surface area (Å²) in [4.78, 5) is 36.1. The summed E-state index contributed by atoms with van der Waals surface area (Å²) in [5.41, 5.74) is 5.25. The molecule has 0 radical (unpaired) electrons. The van der Waals surface area contributed by atoms with Crippen LogP contribution in [0.1, 0.15) is 51.9 Å². The van der Waals surface area contributed by atoms with Crippen molar-refractivity contribution in [1.82, 2.24) is 0 Å². The first-order valence-electron chi connectivity index (χ1n) is 9.39. The summed E-state index contributed by atoms with van der Waals surface area (Å²) in [6.45, 7) is 7.37. The molecule has 0 saturated carbocycles. The van der Waals surface area contributed by atoms with E-state index >= 15 is 0 Å². The van der Waals surface area contributed by atoms with E-state index in [-0.39, 0.29) is 31.1 Å². The van der Waals surface area contributed by atoms with E-state index in [2.05, 4.69) is 5.32 Å². The molecule has 28 heavy (non-hydrogen) atoms. The monoisotopic (exact) mass is 381 g/mol. The molecular formula is C23H27NO4. The van der Waals surface area contributed by atoms with Gasteiger partial charge in [-0.2, -0.15) is 0 Å². The van der Waals surface area contributed by atoms with Crippen LogP contribution in [0.15, 0.2) is 36.4 Å². The molecule has 148 valence electrons. The number of benzene rings is 2. The van der Waals surface area contributed by atoms with Gasteiger partial charge < -0.3 is 10.1 Å². The number of nitrogens with one attached hydrogen (secondary N) is 1. The maximum absolute atomic E-state index is 12.2. The molecule has 5 heteroatoms. The summed E-state index contributed by atoms with van der Waals surface area (Å²) >= 11 is 0. The number of anilines is 1. The van der Waals surface area contributed by atoms with E-state index in [4.69, 9.17) is 4.74 Å². The highest BCUT2D eigenvalue weighted by atomic mass is 16.5. The number of Topliss-reactive ketones (excluding diaryl/α,β-unsaturated/α-hetero) is 1. The average Bonchev–Trinajstić information content (AvgIpc) is 2.64. The van der Waals surface area contributed by atoms with Gasteiger partial charge in [0.2, 0.25) is 11.7 Å². The Labute approximate surface area is 166 Å². The van der Waals surface area contributed by atoms with Gasteiger partial charge in [0, 0.05) is 24.1 Å². The highest BCUT2D eigenvalue weighted by Gasteiger charge is 2.13. The number of hydrogen-bond donors (Lipinski definition) is 1. The number of ketones is 1. The Morgan fingerprint density at radius 1 is 0.857 bits per heavy atom. The Hall–Kier alpha value is -2.95. The highest BCUT2D eigenvalue weighted by molar-refractivity contribution is 5.99. The number of ether oxygens (including phenoxy) is 1. The van der Waals surface area contributed by atoms with Crippen molar-refractivity contribution in [3.05, 3.63) is 64.2 Å². The Bertz CT molecular complexity index is 886. The molecule has 2 aromatic carbocycles. The molecule has 0 spiro atoms. The zero-order valence-electron chi connectivity index (χ0n) is 16.9. The second-order valence-electron chi connectivity index (χ2n) is 7.12. The number of carbonyl (C=O) groups is 3. The molecule has 0 saturated heterocycles. The predicted octanol–water partition coefficient (Wildman–Crippen LogP) is 4.46. The van der Waals surface area contributed by atoms with E-state index in [1.165, 1.54) is 0 Å². The molecule has 1 amide bonds. The molecule has 0 bridgehead atoms. The molecule has 0 fully saturated rings. The largest absolute Gasteiger partial charge is 0.457 e. The zero-order chi connectivity index (χ0) is 20.7. The molecule has 0 aliphatic carbocycles. The van der Waals surface area contributed by atoms with E-state index in [0.717, 1.165) is 27.9 Å². The number of aryl methyl sites for hydroxylation is 4. The molecule has 0 atom stereocenters. The zero-order valence-corrected chi connectivity index (χ0v) is 16.9. The minimum absolute atomic E-state index is 0.0975. The standard InChI is InChI=1S/C23H27NO4/c1-15-8-10-17(3)19(12-15)21(25)14-28-23(27)7-5-6-22(26)24-20-13-16(2)9-11-18(20)4/h8-13H,5-7,14H2,1-4H3,(H,24,26). The van der Waals surface area contributed by atoms with Gasteiger partial charge in [0.15, 0.2) is 6.61 Å². The quantitative estimate of drug-likeness (QED) is 0.541. The van der Waals surface area contributed by atoms with E-state index in [1.807, 2.05) is 58.0 Å². The molecule has 1 N–H and O–H groups in total. The first-order chi connectivity index (χ1) is 13.3. The molecule has 0 heterocycles. The van der Waals surface area contributed by atoms with Crippen LogP contribution in [0, 0.1) is 27.7 Å². The third kappa shape index (κ3) is 6.34. The van der Waals surface area contributed by atoms with Gasteiger partial charge in [-0.15, -0.1) is 0 Å². The lowest BCUT2D eigenvalue weighted by atomic mass is 10.0. The van der Waals surface area contributed by atoms with Crippen molar-refractivity contribution >= 4 is 23.3 Å². The summed E-state index contributed by atoms with van der Waals surface area (Å²) in [5, 5.41) is 2.86. The number of rotatable bonds is 8.